The number of carbonyl (C=O) groups excluding carboxylic acids is 1. The van der Waals surface area contributed by atoms with Gasteiger partial charge in [0.2, 0.25) is 0 Å². The Balaban J connectivity index is 2.11. The molecule has 1 unspecified atom stereocenters. The van der Waals surface area contributed by atoms with Gasteiger partial charge in [0.25, 0.3) is 0 Å². The molecule has 1 aliphatic heterocycles. The van der Waals surface area contributed by atoms with Crippen LogP contribution in [0.15, 0.2) is 18.2 Å². The summed E-state index contributed by atoms with van der Waals surface area (Å²) in [5.41, 5.74) is -0.225. The van der Waals surface area contributed by atoms with Gasteiger partial charge in [-0.2, -0.15) is 0 Å². The van der Waals surface area contributed by atoms with Crippen LogP contribution in [0, 0.1) is 5.82 Å². The first kappa shape index (κ1) is 15.2. The number of carbonyl (C=O) groups is 2. The Morgan fingerprint density at radius 2 is 2.24 bits per heavy atom. The number of benzene rings is 1. The van der Waals surface area contributed by atoms with Gasteiger partial charge in [-0.1, -0.05) is 0 Å². The summed E-state index contributed by atoms with van der Waals surface area (Å²) in [6.07, 6.45) is 0.614. The Bertz CT molecular complexity index is 550. The van der Waals surface area contributed by atoms with E-state index in [1.807, 2.05) is 6.92 Å². The fourth-order valence-electron chi connectivity index (χ4n) is 2.13. The van der Waals surface area contributed by atoms with Crippen LogP contribution in [0.5, 0.6) is 0 Å². The second-order valence-electron chi connectivity index (χ2n) is 4.91. The molecular formula is C14H17FN2O4. The number of aromatic carboxylic acids is 1. The zero-order chi connectivity index (χ0) is 15.4. The molecule has 1 aromatic rings. The second kappa shape index (κ2) is 6.53. The lowest BCUT2D eigenvalue weighted by atomic mass is 10.2. The summed E-state index contributed by atoms with van der Waals surface area (Å²) in [7, 11) is 0. The third-order valence-corrected chi connectivity index (χ3v) is 3.19. The Morgan fingerprint density at radius 3 is 2.95 bits per heavy atom. The van der Waals surface area contributed by atoms with Crippen LogP contribution >= 0.6 is 0 Å². The first-order chi connectivity index (χ1) is 9.97. The van der Waals surface area contributed by atoms with Gasteiger partial charge in [0.1, 0.15) is 5.82 Å². The molecule has 6 nitrogen and oxygen atoms in total. The number of halogens is 1. The number of nitrogens with one attached hydrogen (secondary N) is 1. The molecule has 1 aliphatic rings. The molecule has 0 bridgehead atoms. The Morgan fingerprint density at radius 1 is 1.48 bits per heavy atom. The van der Waals surface area contributed by atoms with Crippen molar-refractivity contribution in [3.05, 3.63) is 29.6 Å². The summed E-state index contributed by atoms with van der Waals surface area (Å²) in [5, 5.41) is 11.3. The molecule has 7 heteroatoms. The van der Waals surface area contributed by atoms with E-state index in [0.29, 0.717) is 26.1 Å². The zero-order valence-electron chi connectivity index (χ0n) is 11.6. The minimum atomic E-state index is -1.18. The molecule has 0 aromatic heterocycles. The number of nitrogens with zero attached hydrogens (tertiary/aromatic N) is 1. The summed E-state index contributed by atoms with van der Waals surface area (Å²) < 4.78 is 19.1. The molecular weight excluding hydrogens is 279 g/mol. The highest BCUT2D eigenvalue weighted by Crippen LogP contribution is 2.17. The highest BCUT2D eigenvalue weighted by molar-refractivity contribution is 5.93. The summed E-state index contributed by atoms with van der Waals surface area (Å²) in [6, 6.07) is 2.81. The van der Waals surface area contributed by atoms with Gasteiger partial charge in [-0.05, 0) is 31.5 Å². The number of urea groups is 1. The number of rotatable bonds is 2. The van der Waals surface area contributed by atoms with Gasteiger partial charge < -0.3 is 20.1 Å². The molecule has 1 fully saturated rings. The van der Waals surface area contributed by atoms with Crippen molar-refractivity contribution in [2.45, 2.75) is 19.4 Å². The maximum absolute atomic E-state index is 13.7. The van der Waals surface area contributed by atoms with E-state index < -0.39 is 17.8 Å². The number of carboxylic acid groups (broad SMARTS) is 1. The second-order valence-corrected chi connectivity index (χ2v) is 4.91. The first-order valence-corrected chi connectivity index (χ1v) is 6.67. The highest BCUT2D eigenvalue weighted by Gasteiger charge is 2.21. The van der Waals surface area contributed by atoms with Crippen LogP contribution in [0.1, 0.15) is 23.7 Å². The van der Waals surface area contributed by atoms with E-state index >= 15 is 0 Å². The number of hydrogen-bond acceptors (Lipinski definition) is 3. The van der Waals surface area contributed by atoms with E-state index in [4.69, 9.17) is 9.84 Å². The minimum absolute atomic E-state index is 0.0840. The quantitative estimate of drug-likeness (QED) is 0.876. The largest absolute Gasteiger partial charge is 0.478 e. The van der Waals surface area contributed by atoms with Gasteiger partial charge in [0.05, 0.1) is 17.4 Å². The van der Waals surface area contributed by atoms with Crippen molar-refractivity contribution < 1.29 is 23.8 Å². The van der Waals surface area contributed by atoms with Gasteiger partial charge >= 0.3 is 12.0 Å². The molecule has 21 heavy (non-hydrogen) atoms. The van der Waals surface area contributed by atoms with Gasteiger partial charge in [0.15, 0.2) is 0 Å². The summed E-state index contributed by atoms with van der Waals surface area (Å²) in [6.45, 7) is 3.35. The fraction of sp³-hybridized carbons (Fsp3) is 0.429. The van der Waals surface area contributed by atoms with Crippen LogP contribution < -0.4 is 5.32 Å². The SMILES string of the molecule is CC1CN(C(=O)Nc2cc(C(=O)O)ccc2F)CCCO1. The molecule has 0 spiro atoms. The third kappa shape index (κ3) is 3.91. The van der Waals surface area contributed by atoms with Gasteiger partial charge in [-0.25, -0.2) is 14.0 Å². The maximum Gasteiger partial charge on any atom is 0.335 e. The van der Waals surface area contributed by atoms with E-state index in [9.17, 15) is 14.0 Å². The monoisotopic (exact) mass is 296 g/mol. The van der Waals surface area contributed by atoms with E-state index in [2.05, 4.69) is 5.32 Å². The third-order valence-electron chi connectivity index (χ3n) is 3.19. The Labute approximate surface area is 121 Å². The van der Waals surface area contributed by atoms with E-state index in [1.54, 1.807) is 0 Å². The van der Waals surface area contributed by atoms with Crippen molar-refractivity contribution >= 4 is 17.7 Å². The fourth-order valence-corrected chi connectivity index (χ4v) is 2.13. The number of ether oxygens (including phenoxy) is 1. The van der Waals surface area contributed by atoms with Crippen LogP contribution in [0.3, 0.4) is 0 Å². The molecule has 1 saturated heterocycles. The topological polar surface area (TPSA) is 78.9 Å². The average molecular weight is 296 g/mol. The molecule has 2 N–H and O–H groups in total. The molecule has 0 aliphatic carbocycles. The van der Waals surface area contributed by atoms with Gasteiger partial charge in [0, 0.05) is 19.7 Å². The maximum atomic E-state index is 13.7. The van der Waals surface area contributed by atoms with Crippen LogP contribution in [0.4, 0.5) is 14.9 Å². The lowest BCUT2D eigenvalue weighted by molar-refractivity contribution is 0.0696. The number of hydrogen-bond donors (Lipinski definition) is 2. The minimum Gasteiger partial charge on any atom is -0.478 e. The predicted octanol–water partition coefficient (Wildman–Crippen LogP) is 2.17. The van der Waals surface area contributed by atoms with Crippen molar-refractivity contribution in [1.82, 2.24) is 4.90 Å². The van der Waals surface area contributed by atoms with Crippen molar-refractivity contribution in [1.29, 1.82) is 0 Å². The molecule has 1 heterocycles. The summed E-state index contributed by atoms with van der Waals surface area (Å²) in [5.74, 6) is -1.85. The smallest absolute Gasteiger partial charge is 0.335 e. The van der Waals surface area contributed by atoms with Crippen LogP contribution in [0.25, 0.3) is 0 Å². The van der Waals surface area contributed by atoms with Crippen molar-refractivity contribution in [2.24, 2.45) is 0 Å². The molecule has 2 rings (SSSR count). The van der Waals surface area contributed by atoms with Crippen LogP contribution in [0.2, 0.25) is 0 Å². The molecule has 1 atom stereocenters. The normalized spacial score (nSPS) is 19.0. The molecule has 2 amide bonds. The first-order valence-electron chi connectivity index (χ1n) is 6.67. The Kier molecular flexibility index (Phi) is 4.74. The molecule has 1 aromatic carbocycles. The zero-order valence-corrected chi connectivity index (χ0v) is 11.6. The van der Waals surface area contributed by atoms with E-state index in [1.165, 1.54) is 4.90 Å². The number of anilines is 1. The van der Waals surface area contributed by atoms with Gasteiger partial charge in [-0.15, -0.1) is 0 Å². The number of carboxylic acids is 1. The van der Waals surface area contributed by atoms with E-state index in [0.717, 1.165) is 18.2 Å². The van der Waals surface area contributed by atoms with Crippen LogP contribution in [-0.4, -0.2) is 47.8 Å². The van der Waals surface area contributed by atoms with Crippen molar-refractivity contribution in [3.8, 4) is 0 Å². The molecule has 114 valence electrons. The summed E-state index contributed by atoms with van der Waals surface area (Å²) in [4.78, 5) is 24.6. The lowest BCUT2D eigenvalue weighted by Gasteiger charge is -2.22. The average Bonchev–Trinajstić information content (AvgIpc) is 2.65. The lowest BCUT2D eigenvalue weighted by Crippen LogP contribution is -2.39. The van der Waals surface area contributed by atoms with Crippen LogP contribution in [-0.2, 0) is 4.74 Å². The molecule has 0 radical (unpaired) electrons. The molecule has 0 saturated carbocycles. The van der Waals surface area contributed by atoms with E-state index in [-0.39, 0.29) is 17.4 Å². The van der Waals surface area contributed by atoms with Crippen molar-refractivity contribution in [3.63, 3.8) is 0 Å². The van der Waals surface area contributed by atoms with Crippen molar-refractivity contribution in [2.75, 3.05) is 25.0 Å². The predicted molar refractivity (Wildman–Crippen MR) is 74.0 cm³/mol. The van der Waals surface area contributed by atoms with Gasteiger partial charge in [-0.3, -0.25) is 0 Å². The number of amides is 2. The summed E-state index contributed by atoms with van der Waals surface area (Å²) >= 11 is 0. The highest BCUT2D eigenvalue weighted by atomic mass is 19.1. The standard InChI is InChI=1S/C14H17FN2O4/c1-9-8-17(5-2-6-21-9)14(20)16-12-7-10(13(18)19)3-4-11(12)15/h3-4,7,9H,2,5-6,8H2,1H3,(H,16,20)(H,18,19). The Hall–Kier alpha value is -2.15.